The number of hydrogen-bond acceptors (Lipinski definition) is 3. The Morgan fingerprint density at radius 1 is 1.25 bits per heavy atom. The van der Waals surface area contributed by atoms with Crippen molar-refractivity contribution in [1.82, 2.24) is 9.78 Å². The monoisotopic (exact) mass is 411 g/mol. The van der Waals surface area contributed by atoms with E-state index in [1.54, 1.807) is 9.58 Å². The Morgan fingerprint density at radius 3 is 2.71 bits per heavy atom. The van der Waals surface area contributed by atoms with Crippen LogP contribution in [-0.2, 0) is 11.5 Å². The van der Waals surface area contributed by atoms with Crippen molar-refractivity contribution < 1.29 is 17.9 Å². The van der Waals surface area contributed by atoms with Crippen LogP contribution in [0.1, 0.15) is 23.6 Å². The fourth-order valence-corrected chi connectivity index (χ4v) is 4.24. The highest BCUT2D eigenvalue weighted by atomic mass is 28.3. The second-order valence-electron chi connectivity index (χ2n) is 8.69. The largest absolute Gasteiger partial charge is 0.360 e. The number of rotatable bonds is 7. The summed E-state index contributed by atoms with van der Waals surface area (Å²) in [7, 11) is -1.16. The third kappa shape index (κ3) is 4.97. The molecule has 0 radical (unpaired) electrons. The van der Waals surface area contributed by atoms with Crippen molar-refractivity contribution in [3.8, 4) is 0 Å². The Bertz CT molecular complexity index is 822. The maximum atomic E-state index is 14.3. The van der Waals surface area contributed by atoms with Gasteiger partial charge in [-0.2, -0.15) is 5.10 Å². The van der Waals surface area contributed by atoms with Crippen LogP contribution in [0, 0.1) is 18.6 Å². The summed E-state index contributed by atoms with van der Waals surface area (Å²) in [6.45, 7) is 9.85. The van der Waals surface area contributed by atoms with Gasteiger partial charge in [0.15, 0.2) is 5.82 Å². The summed E-state index contributed by atoms with van der Waals surface area (Å²) in [6, 6.07) is 3.79. The van der Waals surface area contributed by atoms with Crippen LogP contribution in [0.2, 0.25) is 25.7 Å². The average molecular weight is 412 g/mol. The molecule has 2 atom stereocenters. The van der Waals surface area contributed by atoms with Crippen molar-refractivity contribution in [2.45, 2.75) is 58.0 Å². The van der Waals surface area contributed by atoms with Crippen molar-refractivity contribution in [3.05, 3.63) is 47.2 Å². The number of halogens is 3. The van der Waals surface area contributed by atoms with Crippen molar-refractivity contribution in [3.63, 3.8) is 0 Å². The summed E-state index contributed by atoms with van der Waals surface area (Å²) in [5.41, 5.74) is 1.02. The fourth-order valence-electron chi connectivity index (χ4n) is 3.48. The molecule has 1 aliphatic heterocycles. The number of alkyl halides is 1. The second kappa shape index (κ2) is 8.29. The lowest BCUT2D eigenvalue weighted by molar-refractivity contribution is 0.0786. The first-order chi connectivity index (χ1) is 13.1. The average Bonchev–Trinajstić information content (AvgIpc) is 3.15. The van der Waals surface area contributed by atoms with Gasteiger partial charge >= 0.3 is 0 Å². The van der Waals surface area contributed by atoms with Gasteiger partial charge in [0, 0.05) is 38.4 Å². The van der Waals surface area contributed by atoms with Gasteiger partial charge in [-0.3, -0.25) is 0 Å². The van der Waals surface area contributed by atoms with Gasteiger partial charge in [0.2, 0.25) is 0 Å². The number of ether oxygens (including phenoxy) is 1. The normalized spacial score (nSPS) is 20.2. The minimum atomic E-state index is -1.16. The van der Waals surface area contributed by atoms with Crippen molar-refractivity contribution in [1.29, 1.82) is 0 Å². The van der Waals surface area contributed by atoms with Crippen LogP contribution >= 0.6 is 0 Å². The van der Waals surface area contributed by atoms with E-state index >= 15 is 0 Å². The Morgan fingerprint density at radius 2 is 2.00 bits per heavy atom. The Hall–Kier alpha value is -1.80. The summed E-state index contributed by atoms with van der Waals surface area (Å²) >= 11 is 0. The van der Waals surface area contributed by atoms with E-state index in [2.05, 4.69) is 24.7 Å². The third-order valence-electron chi connectivity index (χ3n) is 4.98. The first-order valence-corrected chi connectivity index (χ1v) is 13.3. The van der Waals surface area contributed by atoms with E-state index < -0.39 is 31.9 Å². The van der Waals surface area contributed by atoms with Gasteiger partial charge in [-0.05, 0) is 31.2 Å². The Labute approximate surface area is 165 Å². The zero-order valence-electron chi connectivity index (χ0n) is 16.9. The van der Waals surface area contributed by atoms with Crippen LogP contribution in [0.4, 0.5) is 19.0 Å². The van der Waals surface area contributed by atoms with Gasteiger partial charge < -0.3 is 9.64 Å². The molecule has 1 saturated heterocycles. The molecule has 1 aromatic heterocycles. The van der Waals surface area contributed by atoms with Crippen LogP contribution in [0.5, 0.6) is 0 Å². The van der Waals surface area contributed by atoms with E-state index in [4.69, 9.17) is 4.74 Å². The van der Waals surface area contributed by atoms with Crippen LogP contribution in [0.3, 0.4) is 0 Å². The molecule has 2 heterocycles. The highest BCUT2D eigenvalue weighted by molar-refractivity contribution is 6.76. The van der Waals surface area contributed by atoms with Gasteiger partial charge in [0.25, 0.3) is 0 Å². The van der Waals surface area contributed by atoms with Crippen LogP contribution < -0.4 is 4.90 Å². The Balaban J connectivity index is 1.76. The summed E-state index contributed by atoms with van der Waals surface area (Å²) < 4.78 is 49.6. The van der Waals surface area contributed by atoms with E-state index in [-0.39, 0.29) is 18.5 Å². The molecule has 1 fully saturated rings. The predicted octanol–water partition coefficient (Wildman–Crippen LogP) is 5.07. The van der Waals surface area contributed by atoms with Crippen LogP contribution in [-0.4, -0.2) is 37.2 Å². The third-order valence-corrected chi connectivity index (χ3v) is 6.68. The standard InChI is InChI=1S/C20H28F3N3OSi/c1-14-11-25(13-27-7-8-28(2,3)4)24-20(14)26-12-16(22)10-19(26)17-9-15(21)5-6-18(17)23/h5-6,9,11,16,19H,7-8,10,12-13H2,1-4H3/t16-,19+/m0/s1. The van der Waals surface area contributed by atoms with Gasteiger partial charge in [0.05, 0.1) is 12.6 Å². The number of nitrogens with zero attached hydrogens (tertiary/aromatic N) is 3. The van der Waals surface area contributed by atoms with Crippen molar-refractivity contribution in [2.24, 2.45) is 0 Å². The lowest BCUT2D eigenvalue weighted by Crippen LogP contribution is -2.26. The molecule has 2 aromatic rings. The van der Waals surface area contributed by atoms with Gasteiger partial charge in [-0.25, -0.2) is 17.9 Å². The quantitative estimate of drug-likeness (QED) is 0.471. The molecule has 0 saturated carbocycles. The molecule has 0 amide bonds. The second-order valence-corrected chi connectivity index (χ2v) is 14.3. The number of hydrogen-bond donors (Lipinski definition) is 0. The summed E-state index contributed by atoms with van der Waals surface area (Å²) in [4.78, 5) is 1.73. The first-order valence-electron chi connectivity index (χ1n) is 9.61. The van der Waals surface area contributed by atoms with Gasteiger partial charge in [0.1, 0.15) is 24.5 Å². The van der Waals surface area contributed by atoms with Crippen molar-refractivity contribution >= 4 is 13.9 Å². The zero-order chi connectivity index (χ0) is 20.5. The minimum absolute atomic E-state index is 0.106. The molecule has 0 N–H and O–H groups in total. The molecule has 8 heteroatoms. The van der Waals surface area contributed by atoms with E-state index in [1.807, 2.05) is 13.1 Å². The number of benzene rings is 1. The molecular formula is C20H28F3N3OSi. The zero-order valence-corrected chi connectivity index (χ0v) is 17.9. The fraction of sp³-hybridized carbons (Fsp3) is 0.550. The summed E-state index contributed by atoms with van der Waals surface area (Å²) in [5.74, 6) is -0.475. The molecule has 154 valence electrons. The first kappa shape index (κ1) is 20.9. The summed E-state index contributed by atoms with van der Waals surface area (Å²) in [5, 5.41) is 4.53. The molecule has 1 aromatic carbocycles. The number of aryl methyl sites for hydroxylation is 1. The van der Waals surface area contributed by atoms with Crippen LogP contribution in [0.15, 0.2) is 24.4 Å². The van der Waals surface area contributed by atoms with E-state index in [0.717, 1.165) is 29.8 Å². The molecule has 28 heavy (non-hydrogen) atoms. The van der Waals surface area contributed by atoms with E-state index in [9.17, 15) is 13.2 Å². The minimum Gasteiger partial charge on any atom is -0.360 e. The predicted molar refractivity (Wildman–Crippen MR) is 107 cm³/mol. The SMILES string of the molecule is Cc1cn(COCC[Si](C)(C)C)nc1N1C[C@@H](F)C[C@@H]1c1cc(F)ccc1F. The van der Waals surface area contributed by atoms with Gasteiger partial charge in [-0.15, -0.1) is 0 Å². The smallest absolute Gasteiger partial charge is 0.154 e. The number of aromatic nitrogens is 2. The maximum absolute atomic E-state index is 14.3. The molecule has 0 spiro atoms. The molecule has 0 bridgehead atoms. The molecule has 1 aliphatic rings. The summed E-state index contributed by atoms with van der Waals surface area (Å²) in [6.07, 6.45) is 0.832. The highest BCUT2D eigenvalue weighted by Crippen LogP contribution is 2.39. The Kier molecular flexibility index (Phi) is 6.19. The molecule has 0 aliphatic carbocycles. The lowest BCUT2D eigenvalue weighted by Gasteiger charge is -2.25. The maximum Gasteiger partial charge on any atom is 0.154 e. The lowest BCUT2D eigenvalue weighted by atomic mass is 10.0. The van der Waals surface area contributed by atoms with Crippen LogP contribution in [0.25, 0.3) is 0 Å². The van der Waals surface area contributed by atoms with Crippen molar-refractivity contribution in [2.75, 3.05) is 18.1 Å². The molecule has 3 rings (SSSR count). The van der Waals surface area contributed by atoms with E-state index in [0.29, 0.717) is 19.2 Å². The molecular weight excluding hydrogens is 383 g/mol. The molecule has 0 unspecified atom stereocenters. The molecule has 4 nitrogen and oxygen atoms in total. The van der Waals surface area contributed by atoms with Gasteiger partial charge in [-0.1, -0.05) is 19.6 Å². The number of anilines is 1. The van der Waals surface area contributed by atoms with E-state index in [1.165, 1.54) is 0 Å². The topological polar surface area (TPSA) is 30.3 Å². The highest BCUT2D eigenvalue weighted by Gasteiger charge is 2.37.